The first-order chi connectivity index (χ1) is 8.40. The number of nitrogens with two attached hydrogens (primary N) is 1. The number of hydrogen-bond acceptors (Lipinski definition) is 4. The molecule has 5 heteroatoms. The number of likely N-dealkylation sites (N-methyl/N-ethyl adjacent to an activating group) is 1. The molecule has 1 unspecified atom stereocenters. The van der Waals surface area contributed by atoms with Gasteiger partial charge in [-0.2, -0.15) is 0 Å². The molecule has 0 aliphatic carbocycles. The summed E-state index contributed by atoms with van der Waals surface area (Å²) in [4.78, 5) is 18.0. The van der Waals surface area contributed by atoms with E-state index in [4.69, 9.17) is 5.73 Å². The van der Waals surface area contributed by atoms with Crippen LogP contribution < -0.4 is 11.1 Å². The van der Waals surface area contributed by atoms with E-state index in [9.17, 15) is 4.79 Å². The maximum atomic E-state index is 12.0. The van der Waals surface area contributed by atoms with Gasteiger partial charge in [0.15, 0.2) is 0 Å². The van der Waals surface area contributed by atoms with Crippen molar-refractivity contribution in [3.8, 4) is 0 Å². The average molecular weight is 250 g/mol. The number of rotatable bonds is 5. The fraction of sp³-hybridized carbons (Fsp3) is 0.538. The van der Waals surface area contributed by atoms with Crippen LogP contribution in [-0.4, -0.2) is 42.5 Å². The Labute approximate surface area is 108 Å². The molecule has 0 spiro atoms. The third-order valence-electron chi connectivity index (χ3n) is 2.73. The molecule has 1 amide bonds. The van der Waals surface area contributed by atoms with Crippen molar-refractivity contribution in [2.45, 2.75) is 19.9 Å². The molecule has 0 aromatic carbocycles. The monoisotopic (exact) mass is 250 g/mol. The summed E-state index contributed by atoms with van der Waals surface area (Å²) >= 11 is 0. The van der Waals surface area contributed by atoms with Gasteiger partial charge in [0.05, 0.1) is 5.56 Å². The molecule has 0 radical (unpaired) electrons. The Morgan fingerprint density at radius 1 is 1.44 bits per heavy atom. The Morgan fingerprint density at radius 3 is 2.56 bits per heavy atom. The lowest BCUT2D eigenvalue weighted by atomic mass is 10.0. The summed E-state index contributed by atoms with van der Waals surface area (Å²) < 4.78 is 0. The summed E-state index contributed by atoms with van der Waals surface area (Å²) in [6, 6.07) is 3.43. The van der Waals surface area contributed by atoms with Crippen LogP contribution in [0, 0.1) is 5.92 Å². The molecule has 1 aromatic heterocycles. The summed E-state index contributed by atoms with van der Waals surface area (Å²) in [5.41, 5.74) is 6.03. The molecule has 1 atom stereocenters. The van der Waals surface area contributed by atoms with Gasteiger partial charge in [-0.15, -0.1) is 0 Å². The largest absolute Gasteiger partial charge is 0.384 e. The van der Waals surface area contributed by atoms with Crippen LogP contribution >= 0.6 is 0 Å². The lowest BCUT2D eigenvalue weighted by molar-refractivity contribution is 0.0916. The Kier molecular flexibility index (Phi) is 5.09. The van der Waals surface area contributed by atoms with Crippen LogP contribution in [0.4, 0.5) is 5.82 Å². The van der Waals surface area contributed by atoms with Crippen molar-refractivity contribution in [3.05, 3.63) is 23.9 Å². The highest BCUT2D eigenvalue weighted by Gasteiger charge is 2.17. The van der Waals surface area contributed by atoms with E-state index in [1.807, 2.05) is 14.1 Å². The van der Waals surface area contributed by atoms with Crippen molar-refractivity contribution in [2.75, 3.05) is 26.4 Å². The highest BCUT2D eigenvalue weighted by atomic mass is 16.1. The number of carbonyl (C=O) groups is 1. The number of carbonyl (C=O) groups excluding carboxylic acids is 1. The molecule has 18 heavy (non-hydrogen) atoms. The molecule has 0 bridgehead atoms. The minimum Gasteiger partial charge on any atom is -0.384 e. The zero-order valence-electron chi connectivity index (χ0n) is 11.5. The summed E-state index contributed by atoms with van der Waals surface area (Å²) in [5.74, 6) is 0.682. The number of nitrogens with one attached hydrogen (secondary N) is 1. The van der Waals surface area contributed by atoms with E-state index < -0.39 is 0 Å². The molecule has 1 heterocycles. The van der Waals surface area contributed by atoms with E-state index in [2.05, 4.69) is 29.0 Å². The van der Waals surface area contributed by atoms with Gasteiger partial charge in [-0.1, -0.05) is 13.8 Å². The normalized spacial score (nSPS) is 12.8. The summed E-state index contributed by atoms with van der Waals surface area (Å²) in [5, 5.41) is 3.02. The first-order valence-corrected chi connectivity index (χ1v) is 6.07. The van der Waals surface area contributed by atoms with E-state index >= 15 is 0 Å². The third kappa shape index (κ3) is 4.33. The van der Waals surface area contributed by atoms with E-state index in [-0.39, 0.29) is 11.9 Å². The molecule has 0 saturated carbocycles. The molecular formula is C13H22N4O. The van der Waals surface area contributed by atoms with E-state index in [0.29, 0.717) is 17.3 Å². The fourth-order valence-corrected chi connectivity index (χ4v) is 1.61. The smallest absolute Gasteiger partial charge is 0.253 e. The average Bonchev–Trinajstić information content (AvgIpc) is 2.28. The fourth-order valence-electron chi connectivity index (χ4n) is 1.61. The number of nitrogen functional groups attached to an aromatic ring is 1. The number of nitrogens with zero attached hydrogens (tertiary/aromatic N) is 2. The van der Waals surface area contributed by atoms with Crippen molar-refractivity contribution in [1.29, 1.82) is 0 Å². The van der Waals surface area contributed by atoms with Crippen LogP contribution in [0.3, 0.4) is 0 Å². The molecule has 100 valence electrons. The summed E-state index contributed by atoms with van der Waals surface area (Å²) in [7, 11) is 3.98. The molecule has 0 saturated heterocycles. The van der Waals surface area contributed by atoms with Crippen LogP contribution in [0.5, 0.6) is 0 Å². The number of anilines is 1. The quantitative estimate of drug-likeness (QED) is 0.817. The molecule has 0 aliphatic heterocycles. The third-order valence-corrected chi connectivity index (χ3v) is 2.73. The van der Waals surface area contributed by atoms with Crippen LogP contribution in [-0.2, 0) is 0 Å². The molecule has 0 aliphatic rings. The first kappa shape index (κ1) is 14.4. The van der Waals surface area contributed by atoms with Crippen LogP contribution in [0.15, 0.2) is 18.3 Å². The van der Waals surface area contributed by atoms with E-state index in [1.165, 1.54) is 6.20 Å². The van der Waals surface area contributed by atoms with Crippen LogP contribution in [0.25, 0.3) is 0 Å². The van der Waals surface area contributed by atoms with Crippen molar-refractivity contribution < 1.29 is 4.79 Å². The number of pyridine rings is 1. The van der Waals surface area contributed by atoms with Crippen molar-refractivity contribution in [1.82, 2.24) is 15.2 Å². The van der Waals surface area contributed by atoms with Gasteiger partial charge in [0.25, 0.3) is 5.91 Å². The summed E-state index contributed by atoms with van der Waals surface area (Å²) in [6.45, 7) is 5.00. The van der Waals surface area contributed by atoms with Crippen molar-refractivity contribution in [2.24, 2.45) is 5.92 Å². The predicted molar refractivity (Wildman–Crippen MR) is 73.3 cm³/mol. The molecule has 3 N–H and O–H groups in total. The predicted octanol–water partition coefficient (Wildman–Crippen LogP) is 0.980. The number of amides is 1. The van der Waals surface area contributed by atoms with Crippen molar-refractivity contribution in [3.63, 3.8) is 0 Å². The minimum absolute atomic E-state index is 0.108. The minimum atomic E-state index is -0.108. The van der Waals surface area contributed by atoms with E-state index in [0.717, 1.165) is 6.54 Å². The van der Waals surface area contributed by atoms with Gasteiger partial charge in [-0.25, -0.2) is 4.98 Å². The Morgan fingerprint density at radius 2 is 2.11 bits per heavy atom. The SMILES string of the molecule is CC(C)C(CN(C)C)NC(=O)c1ccc(N)nc1. The zero-order valence-corrected chi connectivity index (χ0v) is 11.5. The number of hydrogen-bond donors (Lipinski definition) is 2. The second-order valence-electron chi connectivity index (χ2n) is 5.06. The Balaban J connectivity index is 2.69. The molecule has 1 rings (SSSR count). The zero-order chi connectivity index (χ0) is 13.7. The van der Waals surface area contributed by atoms with Gasteiger partial charge in [0.2, 0.25) is 0 Å². The number of aromatic nitrogens is 1. The van der Waals surface area contributed by atoms with Crippen LogP contribution in [0.1, 0.15) is 24.2 Å². The second kappa shape index (κ2) is 6.35. The molecule has 1 aromatic rings. The summed E-state index contributed by atoms with van der Waals surface area (Å²) in [6.07, 6.45) is 1.50. The van der Waals surface area contributed by atoms with Gasteiger partial charge in [-0.3, -0.25) is 4.79 Å². The second-order valence-corrected chi connectivity index (χ2v) is 5.06. The molecule has 5 nitrogen and oxygen atoms in total. The van der Waals surface area contributed by atoms with Crippen molar-refractivity contribution >= 4 is 11.7 Å². The van der Waals surface area contributed by atoms with Gasteiger partial charge >= 0.3 is 0 Å². The Hall–Kier alpha value is -1.62. The maximum absolute atomic E-state index is 12.0. The van der Waals surface area contributed by atoms with Crippen LogP contribution in [0.2, 0.25) is 0 Å². The lowest BCUT2D eigenvalue weighted by Crippen LogP contribution is -2.45. The van der Waals surface area contributed by atoms with E-state index in [1.54, 1.807) is 12.1 Å². The van der Waals surface area contributed by atoms with Gasteiger partial charge in [-0.05, 0) is 32.1 Å². The van der Waals surface area contributed by atoms with Gasteiger partial charge < -0.3 is 16.0 Å². The highest BCUT2D eigenvalue weighted by Crippen LogP contribution is 2.06. The highest BCUT2D eigenvalue weighted by molar-refractivity contribution is 5.94. The lowest BCUT2D eigenvalue weighted by Gasteiger charge is -2.25. The Bertz CT molecular complexity index is 386. The molecular weight excluding hydrogens is 228 g/mol. The maximum Gasteiger partial charge on any atom is 0.253 e. The standard InChI is InChI=1S/C13H22N4O/c1-9(2)11(8-17(3)4)16-13(18)10-5-6-12(14)15-7-10/h5-7,9,11H,8H2,1-4H3,(H2,14,15)(H,16,18). The topological polar surface area (TPSA) is 71.2 Å². The van der Waals surface area contributed by atoms with Gasteiger partial charge in [0.1, 0.15) is 5.82 Å². The van der Waals surface area contributed by atoms with Gasteiger partial charge in [0, 0.05) is 18.8 Å². The first-order valence-electron chi connectivity index (χ1n) is 6.07. The molecule has 0 fully saturated rings.